The summed E-state index contributed by atoms with van der Waals surface area (Å²) in [6, 6.07) is 1.80. The standard InChI is InChI=1S/C10H14N6/c1-2-16-8-14-15-10(16)7-11-6-9-12-4-3-5-13-9/h3-5,8,11H,2,6-7H2,1H3. The Kier molecular flexibility index (Phi) is 3.55. The molecule has 0 unspecified atom stereocenters. The predicted molar refractivity (Wildman–Crippen MR) is 58.3 cm³/mol. The van der Waals surface area contributed by atoms with Crippen LogP contribution in [-0.2, 0) is 19.6 Å². The van der Waals surface area contributed by atoms with Crippen LogP contribution in [0.15, 0.2) is 24.8 Å². The minimum Gasteiger partial charge on any atom is -0.317 e. The molecule has 0 spiro atoms. The van der Waals surface area contributed by atoms with E-state index in [0.29, 0.717) is 13.1 Å². The summed E-state index contributed by atoms with van der Waals surface area (Å²) in [6.45, 7) is 4.25. The lowest BCUT2D eigenvalue weighted by molar-refractivity contribution is 0.599. The molecule has 16 heavy (non-hydrogen) atoms. The third-order valence-corrected chi connectivity index (χ3v) is 2.22. The van der Waals surface area contributed by atoms with Crippen LogP contribution in [0, 0.1) is 0 Å². The van der Waals surface area contributed by atoms with Crippen molar-refractivity contribution in [1.29, 1.82) is 0 Å². The highest BCUT2D eigenvalue weighted by Crippen LogP contribution is 1.95. The minimum atomic E-state index is 0.636. The Morgan fingerprint density at radius 2 is 2.06 bits per heavy atom. The average molecular weight is 218 g/mol. The zero-order valence-corrected chi connectivity index (χ0v) is 9.17. The van der Waals surface area contributed by atoms with Crippen LogP contribution in [0.5, 0.6) is 0 Å². The van der Waals surface area contributed by atoms with Crippen LogP contribution in [0.4, 0.5) is 0 Å². The Bertz CT molecular complexity index is 424. The summed E-state index contributed by atoms with van der Waals surface area (Å²) in [5.41, 5.74) is 0. The topological polar surface area (TPSA) is 68.5 Å². The van der Waals surface area contributed by atoms with Gasteiger partial charge in [-0.25, -0.2) is 9.97 Å². The fourth-order valence-corrected chi connectivity index (χ4v) is 1.39. The molecule has 2 aromatic heterocycles. The quantitative estimate of drug-likeness (QED) is 0.785. The van der Waals surface area contributed by atoms with Crippen LogP contribution >= 0.6 is 0 Å². The Labute approximate surface area is 93.8 Å². The Morgan fingerprint density at radius 3 is 2.81 bits per heavy atom. The maximum Gasteiger partial charge on any atom is 0.146 e. The summed E-state index contributed by atoms with van der Waals surface area (Å²) in [5, 5.41) is 11.1. The lowest BCUT2D eigenvalue weighted by Crippen LogP contribution is -2.17. The third kappa shape index (κ3) is 2.60. The maximum atomic E-state index is 4.12. The van der Waals surface area contributed by atoms with Crippen molar-refractivity contribution >= 4 is 0 Å². The van der Waals surface area contributed by atoms with Crippen molar-refractivity contribution in [3.05, 3.63) is 36.4 Å². The van der Waals surface area contributed by atoms with E-state index >= 15 is 0 Å². The molecular weight excluding hydrogens is 204 g/mol. The van der Waals surface area contributed by atoms with Crippen molar-refractivity contribution in [2.24, 2.45) is 0 Å². The minimum absolute atomic E-state index is 0.636. The fourth-order valence-electron chi connectivity index (χ4n) is 1.39. The van der Waals surface area contributed by atoms with Crippen molar-refractivity contribution in [2.75, 3.05) is 0 Å². The normalized spacial score (nSPS) is 10.6. The molecule has 0 atom stereocenters. The first-order chi connectivity index (χ1) is 7.90. The summed E-state index contributed by atoms with van der Waals surface area (Å²) in [6.07, 6.45) is 5.20. The van der Waals surface area contributed by atoms with Crippen molar-refractivity contribution in [1.82, 2.24) is 30.0 Å². The van der Waals surface area contributed by atoms with Crippen LogP contribution in [-0.4, -0.2) is 24.7 Å². The van der Waals surface area contributed by atoms with Crippen LogP contribution in [0.3, 0.4) is 0 Å². The number of nitrogens with zero attached hydrogens (tertiary/aromatic N) is 5. The molecule has 0 aliphatic rings. The molecule has 6 nitrogen and oxygen atoms in total. The van der Waals surface area contributed by atoms with Gasteiger partial charge in [-0.05, 0) is 13.0 Å². The second-order valence-corrected chi connectivity index (χ2v) is 3.30. The molecule has 0 saturated heterocycles. The van der Waals surface area contributed by atoms with Gasteiger partial charge in [-0.1, -0.05) is 0 Å². The molecular formula is C10H14N6. The summed E-state index contributed by atoms with van der Waals surface area (Å²) in [4.78, 5) is 8.25. The number of aryl methyl sites for hydroxylation is 1. The highest BCUT2D eigenvalue weighted by Gasteiger charge is 2.01. The Balaban J connectivity index is 1.85. The Hall–Kier alpha value is -1.82. The van der Waals surface area contributed by atoms with E-state index < -0.39 is 0 Å². The van der Waals surface area contributed by atoms with Gasteiger partial charge in [0.25, 0.3) is 0 Å². The van der Waals surface area contributed by atoms with E-state index in [2.05, 4.69) is 32.4 Å². The highest BCUT2D eigenvalue weighted by atomic mass is 15.3. The average Bonchev–Trinajstić information content (AvgIpc) is 2.78. The van der Waals surface area contributed by atoms with Gasteiger partial charge in [0, 0.05) is 18.9 Å². The molecule has 84 valence electrons. The SMILES string of the molecule is CCn1cnnc1CNCc1ncccn1. The van der Waals surface area contributed by atoms with Crippen LogP contribution in [0.25, 0.3) is 0 Å². The number of hydrogen-bond acceptors (Lipinski definition) is 5. The fraction of sp³-hybridized carbons (Fsp3) is 0.400. The molecule has 6 heteroatoms. The smallest absolute Gasteiger partial charge is 0.146 e. The van der Waals surface area contributed by atoms with Gasteiger partial charge in [0.15, 0.2) is 0 Å². The molecule has 0 saturated carbocycles. The first-order valence-electron chi connectivity index (χ1n) is 5.23. The number of rotatable bonds is 5. The molecule has 1 N–H and O–H groups in total. The largest absolute Gasteiger partial charge is 0.317 e. The van der Waals surface area contributed by atoms with Gasteiger partial charge in [-0.3, -0.25) is 0 Å². The van der Waals surface area contributed by atoms with Crippen molar-refractivity contribution in [3.8, 4) is 0 Å². The molecule has 0 fully saturated rings. The van der Waals surface area contributed by atoms with Gasteiger partial charge >= 0.3 is 0 Å². The van der Waals surface area contributed by atoms with Gasteiger partial charge in [-0.2, -0.15) is 0 Å². The van der Waals surface area contributed by atoms with Gasteiger partial charge in [0.1, 0.15) is 18.0 Å². The van der Waals surface area contributed by atoms with E-state index in [1.54, 1.807) is 24.8 Å². The third-order valence-electron chi connectivity index (χ3n) is 2.22. The van der Waals surface area contributed by atoms with E-state index in [0.717, 1.165) is 18.2 Å². The zero-order valence-electron chi connectivity index (χ0n) is 9.17. The lowest BCUT2D eigenvalue weighted by Gasteiger charge is -2.04. The molecule has 0 aromatic carbocycles. The van der Waals surface area contributed by atoms with Crippen molar-refractivity contribution < 1.29 is 0 Å². The molecule has 2 heterocycles. The lowest BCUT2D eigenvalue weighted by atomic mass is 10.5. The molecule has 2 aromatic rings. The van der Waals surface area contributed by atoms with Crippen molar-refractivity contribution in [3.63, 3.8) is 0 Å². The highest BCUT2D eigenvalue weighted by molar-refractivity contribution is 4.89. The maximum absolute atomic E-state index is 4.12. The van der Waals surface area contributed by atoms with Gasteiger partial charge in [0.05, 0.1) is 13.1 Å². The second kappa shape index (κ2) is 5.32. The Morgan fingerprint density at radius 1 is 1.25 bits per heavy atom. The summed E-state index contributed by atoms with van der Waals surface area (Å²) in [7, 11) is 0. The summed E-state index contributed by atoms with van der Waals surface area (Å²) >= 11 is 0. The molecule has 2 rings (SSSR count). The number of hydrogen-bond donors (Lipinski definition) is 1. The first kappa shape index (κ1) is 10.7. The van der Waals surface area contributed by atoms with Gasteiger partial charge < -0.3 is 9.88 Å². The van der Waals surface area contributed by atoms with E-state index in [1.165, 1.54) is 0 Å². The van der Waals surface area contributed by atoms with Crippen LogP contribution in [0.1, 0.15) is 18.6 Å². The zero-order chi connectivity index (χ0) is 11.2. The molecule has 0 aliphatic heterocycles. The number of nitrogens with one attached hydrogen (secondary N) is 1. The van der Waals surface area contributed by atoms with Crippen LogP contribution < -0.4 is 5.32 Å². The van der Waals surface area contributed by atoms with E-state index in [4.69, 9.17) is 0 Å². The molecule has 0 radical (unpaired) electrons. The molecule has 0 amide bonds. The summed E-state index contributed by atoms with van der Waals surface area (Å²) < 4.78 is 2.00. The van der Waals surface area contributed by atoms with Crippen molar-refractivity contribution in [2.45, 2.75) is 26.6 Å². The first-order valence-corrected chi connectivity index (χ1v) is 5.23. The van der Waals surface area contributed by atoms with E-state index in [1.807, 2.05) is 4.57 Å². The molecule has 0 bridgehead atoms. The monoisotopic (exact) mass is 218 g/mol. The van der Waals surface area contributed by atoms with E-state index in [-0.39, 0.29) is 0 Å². The van der Waals surface area contributed by atoms with Crippen LogP contribution in [0.2, 0.25) is 0 Å². The number of aromatic nitrogens is 5. The predicted octanol–water partition coefficient (Wildman–Crippen LogP) is 0.378. The summed E-state index contributed by atoms with van der Waals surface area (Å²) in [5.74, 6) is 1.71. The van der Waals surface area contributed by atoms with Gasteiger partial charge in [-0.15, -0.1) is 10.2 Å². The van der Waals surface area contributed by atoms with Gasteiger partial charge in [0.2, 0.25) is 0 Å². The molecule has 0 aliphatic carbocycles. The van der Waals surface area contributed by atoms with E-state index in [9.17, 15) is 0 Å². The second-order valence-electron chi connectivity index (χ2n) is 3.30.